The van der Waals surface area contributed by atoms with Crippen LogP contribution < -0.4 is 0 Å². The summed E-state index contributed by atoms with van der Waals surface area (Å²) in [6.07, 6.45) is 4.85. The second kappa shape index (κ2) is 24.1. The SMILES string of the molecule is C=C.C=C(C)C.C=C(C)C.C=Cc1ccc(CS(=O)(=O)O)cc1.C=Cc1ccc(S(=O)(=O)O)cc1.C=Cc1ccc(S(=O)(=O)O)cc1. The van der Waals surface area contributed by atoms with Crippen molar-refractivity contribution < 1.29 is 38.9 Å². The van der Waals surface area contributed by atoms with Gasteiger partial charge >= 0.3 is 0 Å². The van der Waals surface area contributed by atoms with E-state index in [0.29, 0.717) is 5.56 Å². The molecule has 0 aromatic heterocycles. The third kappa shape index (κ3) is 27.8. The van der Waals surface area contributed by atoms with Crippen LogP contribution in [0, 0.1) is 0 Å². The van der Waals surface area contributed by atoms with Gasteiger partial charge in [0.1, 0.15) is 5.75 Å². The van der Waals surface area contributed by atoms with Gasteiger partial charge in [0.05, 0.1) is 9.79 Å². The van der Waals surface area contributed by atoms with E-state index in [-0.39, 0.29) is 15.5 Å². The molecule has 3 rings (SSSR count). The predicted octanol–water partition coefficient (Wildman–Crippen LogP) is 8.84. The van der Waals surface area contributed by atoms with Crippen LogP contribution in [0.25, 0.3) is 18.2 Å². The lowest BCUT2D eigenvalue weighted by Gasteiger charge is -1.98. The number of benzene rings is 3. The molecule has 0 aliphatic heterocycles. The standard InChI is InChI=1S/C9H10O3S.2C8H8O3S.2C4H8.C2H4/c1-2-8-3-5-9(6-4-8)7-13(10,11)12;2*1-2-7-3-5-8(6-4-7)12(9,10)11;2*1-4(2)3;1-2/h2-6H,1,7H2,(H,10,11,12);2*2-6H,1H2,(H,9,10,11);2*1H2,2-3H3;1-2H2. The van der Waals surface area contributed by atoms with Crippen LogP contribution in [0.5, 0.6) is 0 Å². The molecule has 0 unspecified atom stereocenters. The van der Waals surface area contributed by atoms with E-state index in [1.807, 2.05) is 27.7 Å². The van der Waals surface area contributed by atoms with Crippen molar-refractivity contribution in [3.8, 4) is 0 Å². The van der Waals surface area contributed by atoms with Crippen LogP contribution in [0.3, 0.4) is 0 Å². The Morgan fingerprint density at radius 2 is 0.745 bits per heavy atom. The van der Waals surface area contributed by atoms with Gasteiger partial charge in [-0.15, -0.1) is 26.3 Å². The minimum atomic E-state index is -4.06. The lowest BCUT2D eigenvalue weighted by atomic mass is 10.1. The summed E-state index contributed by atoms with van der Waals surface area (Å²) < 4.78 is 89.0. The second-order valence-corrected chi connectivity index (χ2v) is 13.9. The zero-order valence-corrected chi connectivity index (χ0v) is 29.8. The Morgan fingerprint density at radius 3 is 0.915 bits per heavy atom. The fraction of sp³-hybridized carbons (Fsp3) is 0.143. The van der Waals surface area contributed by atoms with Gasteiger partial charge in [0, 0.05) is 0 Å². The van der Waals surface area contributed by atoms with E-state index in [4.69, 9.17) is 13.7 Å². The molecule has 0 radical (unpaired) electrons. The first kappa shape index (κ1) is 47.2. The van der Waals surface area contributed by atoms with Crippen LogP contribution in [0.4, 0.5) is 0 Å². The minimum absolute atomic E-state index is 0.104. The zero-order chi connectivity index (χ0) is 37.4. The fourth-order valence-electron chi connectivity index (χ4n) is 2.51. The van der Waals surface area contributed by atoms with Crippen LogP contribution >= 0.6 is 0 Å². The van der Waals surface area contributed by atoms with E-state index in [9.17, 15) is 25.3 Å². The third-order valence-electron chi connectivity index (χ3n) is 4.39. The molecule has 0 heterocycles. The van der Waals surface area contributed by atoms with E-state index in [1.54, 1.807) is 66.8 Å². The summed E-state index contributed by atoms with van der Waals surface area (Å²) in [5.74, 6) is -0.343. The first-order valence-corrected chi connectivity index (χ1v) is 17.8. The monoisotopic (exact) mass is 706 g/mol. The van der Waals surface area contributed by atoms with Crippen LogP contribution in [0.15, 0.2) is 140 Å². The Kier molecular flexibility index (Phi) is 24.2. The Labute approximate surface area is 282 Å². The summed E-state index contributed by atoms with van der Waals surface area (Å²) in [5.41, 5.74) is 5.43. The Hall–Kier alpha value is -4.17. The van der Waals surface area contributed by atoms with E-state index in [0.717, 1.165) is 16.7 Å². The third-order valence-corrected chi connectivity index (χ3v) is 6.83. The van der Waals surface area contributed by atoms with Crippen molar-refractivity contribution in [1.82, 2.24) is 0 Å². The Bertz CT molecular complexity index is 1640. The van der Waals surface area contributed by atoms with Crippen LogP contribution in [0.2, 0.25) is 0 Å². The average molecular weight is 707 g/mol. The van der Waals surface area contributed by atoms with Crippen LogP contribution in [0.1, 0.15) is 49.9 Å². The first-order chi connectivity index (χ1) is 21.5. The lowest BCUT2D eigenvalue weighted by Crippen LogP contribution is -2.01. The molecule has 258 valence electrons. The van der Waals surface area contributed by atoms with Gasteiger partial charge in [-0.2, -0.15) is 25.3 Å². The summed E-state index contributed by atoms with van der Waals surface area (Å²) >= 11 is 0. The summed E-state index contributed by atoms with van der Waals surface area (Å²) in [6.45, 7) is 31.6. The smallest absolute Gasteiger partial charge is 0.285 e. The molecule has 0 bridgehead atoms. The van der Waals surface area contributed by atoms with Gasteiger partial charge in [-0.1, -0.05) is 97.6 Å². The molecule has 3 aromatic rings. The maximum absolute atomic E-state index is 10.6. The van der Waals surface area contributed by atoms with Gasteiger partial charge in [-0.25, -0.2) is 0 Å². The quantitative estimate of drug-likeness (QED) is 0.161. The normalized spacial score (nSPS) is 9.94. The van der Waals surface area contributed by atoms with E-state index >= 15 is 0 Å². The van der Waals surface area contributed by atoms with E-state index < -0.39 is 30.4 Å². The maximum atomic E-state index is 10.6. The Balaban J connectivity index is -0.000000541. The molecule has 0 saturated heterocycles. The molecule has 0 amide bonds. The van der Waals surface area contributed by atoms with Crippen molar-refractivity contribution in [2.24, 2.45) is 0 Å². The van der Waals surface area contributed by atoms with Gasteiger partial charge in [0.25, 0.3) is 30.4 Å². The topological polar surface area (TPSA) is 163 Å². The average Bonchev–Trinajstić information content (AvgIpc) is 2.97. The van der Waals surface area contributed by atoms with E-state index in [2.05, 4.69) is 46.1 Å². The van der Waals surface area contributed by atoms with Crippen LogP contribution in [-0.2, 0) is 36.1 Å². The molecule has 0 saturated carbocycles. The molecule has 9 nitrogen and oxygen atoms in total. The van der Waals surface area contributed by atoms with Crippen molar-refractivity contribution in [3.63, 3.8) is 0 Å². The molecule has 0 aliphatic rings. The molecule has 0 atom stereocenters. The van der Waals surface area contributed by atoms with Crippen LogP contribution in [-0.4, -0.2) is 38.9 Å². The number of allylic oxidation sites excluding steroid dienone is 2. The molecular formula is C35H46O9S3. The minimum Gasteiger partial charge on any atom is -0.285 e. The molecule has 3 N–H and O–H groups in total. The largest absolute Gasteiger partial charge is 0.294 e. The van der Waals surface area contributed by atoms with Crippen molar-refractivity contribution in [2.75, 3.05) is 0 Å². The van der Waals surface area contributed by atoms with E-state index in [1.165, 1.54) is 35.4 Å². The molecule has 3 aromatic carbocycles. The molecular weight excluding hydrogens is 661 g/mol. The molecule has 0 aliphatic carbocycles. The zero-order valence-electron chi connectivity index (χ0n) is 27.3. The first-order valence-electron chi connectivity index (χ1n) is 13.4. The van der Waals surface area contributed by atoms with Gasteiger partial charge < -0.3 is 0 Å². The highest BCUT2D eigenvalue weighted by atomic mass is 32.2. The highest BCUT2D eigenvalue weighted by Crippen LogP contribution is 2.11. The van der Waals surface area contributed by atoms with Crippen molar-refractivity contribution in [2.45, 2.75) is 43.2 Å². The number of rotatable bonds is 7. The molecule has 47 heavy (non-hydrogen) atoms. The summed E-state index contributed by atoms with van der Waals surface area (Å²) in [4.78, 5) is -0.207. The molecule has 0 spiro atoms. The van der Waals surface area contributed by atoms with Gasteiger partial charge in [-0.3, -0.25) is 13.7 Å². The second-order valence-electron chi connectivity index (χ2n) is 9.58. The van der Waals surface area contributed by atoms with Gasteiger partial charge in [0.15, 0.2) is 0 Å². The van der Waals surface area contributed by atoms with Crippen molar-refractivity contribution in [1.29, 1.82) is 0 Å². The maximum Gasteiger partial charge on any atom is 0.294 e. The molecule has 0 fully saturated rings. The van der Waals surface area contributed by atoms with Gasteiger partial charge in [0.2, 0.25) is 0 Å². The predicted molar refractivity (Wildman–Crippen MR) is 197 cm³/mol. The number of hydrogen-bond donors (Lipinski definition) is 3. The lowest BCUT2D eigenvalue weighted by molar-refractivity contribution is 0.480. The number of hydrogen-bond acceptors (Lipinski definition) is 6. The molecule has 12 heteroatoms. The van der Waals surface area contributed by atoms with Crippen molar-refractivity contribution in [3.05, 3.63) is 152 Å². The van der Waals surface area contributed by atoms with Gasteiger partial charge in [-0.05, 0) is 74.2 Å². The highest BCUT2D eigenvalue weighted by Gasteiger charge is 2.08. The Morgan fingerprint density at radius 1 is 0.532 bits per heavy atom. The summed E-state index contributed by atoms with van der Waals surface area (Å²) in [5, 5.41) is 0. The summed E-state index contributed by atoms with van der Waals surface area (Å²) in [7, 11) is -12.0. The summed E-state index contributed by atoms with van der Waals surface area (Å²) in [6, 6.07) is 18.3. The highest BCUT2D eigenvalue weighted by molar-refractivity contribution is 7.86. The van der Waals surface area contributed by atoms with Crippen molar-refractivity contribution >= 4 is 48.6 Å². The fourth-order valence-corrected chi connectivity index (χ4v) is 4.09.